The Morgan fingerprint density at radius 3 is 2.50 bits per heavy atom. The molecular formula is C25H33N5. The molecule has 30 heavy (non-hydrogen) atoms. The normalized spacial score (nSPS) is 21.6. The summed E-state index contributed by atoms with van der Waals surface area (Å²) < 4.78 is 2.27. The van der Waals surface area contributed by atoms with E-state index in [1.54, 1.807) is 0 Å². The van der Waals surface area contributed by atoms with Crippen molar-refractivity contribution in [1.82, 2.24) is 24.1 Å². The minimum Gasteiger partial charge on any atom is -0.302 e. The Kier molecular flexibility index (Phi) is 5.59. The van der Waals surface area contributed by atoms with Gasteiger partial charge in [0.05, 0.1) is 11.4 Å². The molecule has 3 aromatic rings. The lowest BCUT2D eigenvalue weighted by molar-refractivity contribution is 0.0922. The number of fused-ring (bicyclic) bond motifs is 1. The Labute approximate surface area is 179 Å². The van der Waals surface area contributed by atoms with Gasteiger partial charge in [0.25, 0.3) is 0 Å². The molecule has 2 saturated heterocycles. The number of imidazole rings is 1. The minimum absolute atomic E-state index is 0.719. The van der Waals surface area contributed by atoms with E-state index in [1.165, 1.54) is 49.4 Å². The summed E-state index contributed by atoms with van der Waals surface area (Å²) in [6.07, 6.45) is 3.48. The number of likely N-dealkylation sites (tertiary alicyclic amines) is 1. The molecule has 1 aromatic carbocycles. The summed E-state index contributed by atoms with van der Waals surface area (Å²) in [6.45, 7) is 13.4. The van der Waals surface area contributed by atoms with Gasteiger partial charge in [-0.05, 0) is 43.5 Å². The van der Waals surface area contributed by atoms with Gasteiger partial charge in [-0.3, -0.25) is 14.7 Å². The van der Waals surface area contributed by atoms with E-state index < -0.39 is 0 Å². The van der Waals surface area contributed by atoms with Crippen molar-refractivity contribution in [2.45, 2.75) is 39.4 Å². The van der Waals surface area contributed by atoms with Crippen molar-refractivity contribution in [2.75, 3.05) is 39.3 Å². The second-order valence-electron chi connectivity index (χ2n) is 9.05. The quantitative estimate of drug-likeness (QED) is 0.653. The molecule has 0 aliphatic carbocycles. The first-order valence-corrected chi connectivity index (χ1v) is 11.3. The molecule has 5 rings (SSSR count). The van der Waals surface area contributed by atoms with Crippen LogP contribution < -0.4 is 0 Å². The van der Waals surface area contributed by atoms with E-state index in [2.05, 4.69) is 81.6 Å². The Morgan fingerprint density at radius 1 is 0.900 bits per heavy atom. The van der Waals surface area contributed by atoms with Crippen LogP contribution >= 0.6 is 0 Å². The fourth-order valence-corrected chi connectivity index (χ4v) is 5.10. The lowest BCUT2D eigenvalue weighted by Gasteiger charge is -2.38. The molecule has 2 fully saturated rings. The fraction of sp³-hybridized carbons (Fsp3) is 0.480. The average molecular weight is 404 g/mol. The first kappa shape index (κ1) is 19.7. The number of piperazine rings is 1. The second-order valence-corrected chi connectivity index (χ2v) is 9.05. The van der Waals surface area contributed by atoms with E-state index in [9.17, 15) is 0 Å². The molecule has 5 nitrogen and oxygen atoms in total. The Balaban J connectivity index is 1.15. The third-order valence-electron chi connectivity index (χ3n) is 6.87. The van der Waals surface area contributed by atoms with Crippen LogP contribution in [0.1, 0.15) is 28.9 Å². The van der Waals surface area contributed by atoms with Crippen LogP contribution in [0.2, 0.25) is 0 Å². The molecule has 2 aliphatic rings. The molecule has 0 saturated carbocycles. The molecular weight excluding hydrogens is 370 g/mol. The Bertz CT molecular complexity index is 987. The van der Waals surface area contributed by atoms with Crippen LogP contribution in [0.25, 0.3) is 5.65 Å². The van der Waals surface area contributed by atoms with Crippen LogP contribution in [0.5, 0.6) is 0 Å². The molecule has 0 bridgehead atoms. The van der Waals surface area contributed by atoms with Crippen LogP contribution in [0.4, 0.5) is 0 Å². The van der Waals surface area contributed by atoms with E-state index in [1.807, 2.05) is 0 Å². The smallest absolute Gasteiger partial charge is 0.137 e. The Morgan fingerprint density at radius 2 is 1.70 bits per heavy atom. The highest BCUT2D eigenvalue weighted by Crippen LogP contribution is 2.21. The van der Waals surface area contributed by atoms with Crippen LogP contribution in [-0.4, -0.2) is 69.4 Å². The summed E-state index contributed by atoms with van der Waals surface area (Å²) in [5.74, 6) is 0. The summed E-state index contributed by atoms with van der Waals surface area (Å²) in [5, 5.41) is 0. The molecule has 158 valence electrons. The maximum absolute atomic E-state index is 4.78. The summed E-state index contributed by atoms with van der Waals surface area (Å²) in [4.78, 5) is 12.7. The van der Waals surface area contributed by atoms with E-state index in [4.69, 9.17) is 4.98 Å². The van der Waals surface area contributed by atoms with E-state index in [0.29, 0.717) is 0 Å². The van der Waals surface area contributed by atoms with Crippen molar-refractivity contribution in [3.8, 4) is 0 Å². The third kappa shape index (κ3) is 4.15. The zero-order chi connectivity index (χ0) is 20.5. The van der Waals surface area contributed by atoms with E-state index in [-0.39, 0.29) is 0 Å². The maximum atomic E-state index is 4.78. The van der Waals surface area contributed by atoms with Gasteiger partial charge in [0.15, 0.2) is 0 Å². The van der Waals surface area contributed by atoms with Gasteiger partial charge in [0.1, 0.15) is 5.65 Å². The Hall–Kier alpha value is -2.21. The molecule has 4 heterocycles. The third-order valence-corrected chi connectivity index (χ3v) is 6.87. The van der Waals surface area contributed by atoms with E-state index >= 15 is 0 Å². The molecule has 2 aliphatic heterocycles. The number of nitrogens with zero attached hydrogens (tertiary/aromatic N) is 5. The molecule has 0 unspecified atom stereocenters. The largest absolute Gasteiger partial charge is 0.302 e. The molecule has 5 heteroatoms. The summed E-state index contributed by atoms with van der Waals surface area (Å²) in [7, 11) is 0. The summed E-state index contributed by atoms with van der Waals surface area (Å²) in [5.41, 5.74) is 6.28. The topological polar surface area (TPSA) is 27.0 Å². The maximum Gasteiger partial charge on any atom is 0.137 e. The number of hydrogen-bond donors (Lipinski definition) is 0. The average Bonchev–Trinajstić information content (AvgIpc) is 3.33. The predicted octanol–water partition coefficient (Wildman–Crippen LogP) is 3.34. The predicted molar refractivity (Wildman–Crippen MR) is 122 cm³/mol. The number of benzene rings is 1. The number of aryl methyl sites for hydroxylation is 2. The van der Waals surface area contributed by atoms with Crippen molar-refractivity contribution in [3.05, 3.63) is 71.2 Å². The lowest BCUT2D eigenvalue weighted by atomic mass is 10.2. The number of pyridine rings is 1. The highest BCUT2D eigenvalue weighted by Gasteiger charge is 2.30. The van der Waals surface area contributed by atoms with Crippen LogP contribution in [0.3, 0.4) is 0 Å². The lowest BCUT2D eigenvalue weighted by Crippen LogP contribution is -2.50. The standard InChI is InChI=1S/C25H33N5/c1-20-8-11-30-24(21(2)26-25(30)16-20)19-27-12-14-29(15-13-27)23-9-10-28(18-23)17-22-6-4-3-5-7-22/h3-8,11,16,23H,9-10,12-15,17-19H2,1-2H3/t23-/m1/s1. The van der Waals surface area contributed by atoms with Gasteiger partial charge >= 0.3 is 0 Å². The van der Waals surface area contributed by atoms with Crippen LogP contribution in [0.15, 0.2) is 48.7 Å². The van der Waals surface area contributed by atoms with Gasteiger partial charge in [-0.2, -0.15) is 0 Å². The molecule has 1 atom stereocenters. The van der Waals surface area contributed by atoms with E-state index in [0.717, 1.165) is 43.6 Å². The first-order valence-electron chi connectivity index (χ1n) is 11.3. The minimum atomic E-state index is 0.719. The van der Waals surface area contributed by atoms with Crippen molar-refractivity contribution in [1.29, 1.82) is 0 Å². The van der Waals surface area contributed by atoms with Crippen molar-refractivity contribution in [2.24, 2.45) is 0 Å². The number of rotatable bonds is 5. The number of hydrogen-bond acceptors (Lipinski definition) is 4. The van der Waals surface area contributed by atoms with Gasteiger partial charge in [-0.25, -0.2) is 4.98 Å². The number of aromatic nitrogens is 2. The van der Waals surface area contributed by atoms with Gasteiger partial charge in [-0.15, -0.1) is 0 Å². The fourth-order valence-electron chi connectivity index (χ4n) is 5.10. The summed E-state index contributed by atoms with van der Waals surface area (Å²) >= 11 is 0. The molecule has 0 amide bonds. The monoisotopic (exact) mass is 403 g/mol. The van der Waals surface area contributed by atoms with Crippen LogP contribution in [-0.2, 0) is 13.1 Å². The van der Waals surface area contributed by atoms with Gasteiger partial charge in [0, 0.05) is 64.6 Å². The molecule has 2 aromatic heterocycles. The SMILES string of the molecule is Cc1ccn2c(CN3CCN([C@@H]4CCN(Cc5ccccc5)C4)CC3)c(C)nc2c1. The molecule has 0 spiro atoms. The van der Waals surface area contributed by atoms with Crippen LogP contribution in [0, 0.1) is 13.8 Å². The highest BCUT2D eigenvalue weighted by molar-refractivity contribution is 5.45. The van der Waals surface area contributed by atoms with Gasteiger partial charge in [-0.1, -0.05) is 30.3 Å². The van der Waals surface area contributed by atoms with Crippen molar-refractivity contribution in [3.63, 3.8) is 0 Å². The van der Waals surface area contributed by atoms with Crippen molar-refractivity contribution >= 4 is 5.65 Å². The highest BCUT2D eigenvalue weighted by atomic mass is 15.3. The zero-order valence-electron chi connectivity index (χ0n) is 18.3. The molecule has 0 N–H and O–H groups in total. The van der Waals surface area contributed by atoms with Gasteiger partial charge in [0.2, 0.25) is 0 Å². The first-order chi connectivity index (χ1) is 14.7. The van der Waals surface area contributed by atoms with Gasteiger partial charge < -0.3 is 4.40 Å². The molecule has 0 radical (unpaired) electrons. The zero-order valence-corrected chi connectivity index (χ0v) is 18.3. The summed E-state index contributed by atoms with van der Waals surface area (Å²) in [6, 6.07) is 16.0. The van der Waals surface area contributed by atoms with Crippen molar-refractivity contribution < 1.29 is 0 Å². The second kappa shape index (κ2) is 8.50.